The highest BCUT2D eigenvalue weighted by atomic mass is 15.2. The van der Waals surface area contributed by atoms with E-state index in [2.05, 4.69) is 222 Å². The third-order valence-electron chi connectivity index (χ3n) is 13.4. The van der Waals surface area contributed by atoms with Crippen molar-refractivity contribution in [1.29, 1.82) is 0 Å². The minimum atomic E-state index is -0.278. The van der Waals surface area contributed by atoms with Gasteiger partial charge in [0, 0.05) is 38.7 Å². The molecule has 2 nitrogen and oxygen atoms in total. The lowest BCUT2D eigenvalue weighted by Crippen LogP contribution is -2.27. The fourth-order valence-electron chi connectivity index (χ4n) is 10.9. The summed E-state index contributed by atoms with van der Waals surface area (Å²) in [7, 11) is 0. The van der Waals surface area contributed by atoms with Crippen molar-refractivity contribution in [3.63, 3.8) is 0 Å². The van der Waals surface area contributed by atoms with Gasteiger partial charge in [-0.15, -0.1) is 0 Å². The van der Waals surface area contributed by atoms with Crippen LogP contribution in [0.5, 0.6) is 0 Å². The highest BCUT2D eigenvalue weighted by Crippen LogP contribution is 2.65. The largest absolute Gasteiger partial charge is 0.310 e. The van der Waals surface area contributed by atoms with Crippen LogP contribution in [0.25, 0.3) is 60.5 Å². The van der Waals surface area contributed by atoms with Crippen molar-refractivity contribution in [3.8, 4) is 27.9 Å². The number of benzene rings is 8. The van der Waals surface area contributed by atoms with Gasteiger partial charge in [0.05, 0.1) is 16.7 Å². The van der Waals surface area contributed by atoms with Gasteiger partial charge in [-0.2, -0.15) is 0 Å². The van der Waals surface area contributed by atoms with Gasteiger partial charge < -0.3 is 9.47 Å². The summed E-state index contributed by atoms with van der Waals surface area (Å²) in [6.45, 7) is 17.1. The van der Waals surface area contributed by atoms with Gasteiger partial charge in [0.1, 0.15) is 0 Å². The highest BCUT2D eigenvalue weighted by molar-refractivity contribution is 6.11. The van der Waals surface area contributed by atoms with Crippen LogP contribution in [0, 0.1) is 0 Å². The number of anilines is 3. The molecule has 0 bridgehead atoms. The first kappa shape index (κ1) is 34.8. The molecule has 2 heteroatoms. The van der Waals surface area contributed by atoms with Crippen molar-refractivity contribution in [2.24, 2.45) is 0 Å². The van der Waals surface area contributed by atoms with Crippen molar-refractivity contribution in [1.82, 2.24) is 4.57 Å². The minimum absolute atomic E-state index is 0.128. The Labute approximate surface area is 342 Å². The van der Waals surface area contributed by atoms with E-state index in [4.69, 9.17) is 0 Å². The molecule has 0 saturated carbocycles. The molecule has 58 heavy (non-hydrogen) atoms. The Kier molecular flexibility index (Phi) is 7.25. The first-order valence-corrected chi connectivity index (χ1v) is 20.8. The number of aromatic nitrogens is 1. The topological polar surface area (TPSA) is 8.17 Å². The van der Waals surface area contributed by atoms with E-state index in [-0.39, 0.29) is 16.2 Å². The average molecular weight is 749 g/mol. The van der Waals surface area contributed by atoms with Crippen LogP contribution in [-0.2, 0) is 16.2 Å². The Hall–Kier alpha value is -6.38. The normalized spacial score (nSPS) is 14.7. The monoisotopic (exact) mass is 748 g/mol. The van der Waals surface area contributed by atoms with E-state index in [1.165, 1.54) is 88.3 Å². The molecule has 282 valence electrons. The SMILES string of the molecule is CC(C)(C)c1c2c(c(N(c3ccc4ccccc4c3)c3ccc4c5ccccc5n(-c5ccccc5)c4c3)c3c1-c1ccccc1C3(C)C)C(C)(C)c1ccccc1-2. The van der Waals surface area contributed by atoms with Gasteiger partial charge >= 0.3 is 0 Å². The van der Waals surface area contributed by atoms with Crippen LogP contribution in [0.15, 0.2) is 164 Å². The molecule has 0 atom stereocenters. The predicted molar refractivity (Wildman–Crippen MR) is 247 cm³/mol. The first-order chi connectivity index (χ1) is 28.0. The molecule has 11 rings (SSSR count). The van der Waals surface area contributed by atoms with Gasteiger partial charge in [-0.1, -0.05) is 170 Å². The molecule has 2 aliphatic carbocycles. The fourth-order valence-corrected chi connectivity index (χ4v) is 10.9. The van der Waals surface area contributed by atoms with Crippen LogP contribution in [-0.4, -0.2) is 4.57 Å². The molecule has 0 radical (unpaired) electrons. The van der Waals surface area contributed by atoms with E-state index in [0.717, 1.165) is 17.1 Å². The van der Waals surface area contributed by atoms with Crippen LogP contribution >= 0.6 is 0 Å². The van der Waals surface area contributed by atoms with Gasteiger partial charge in [0.2, 0.25) is 0 Å². The van der Waals surface area contributed by atoms with E-state index in [1.54, 1.807) is 0 Å². The molecular weight excluding hydrogens is 701 g/mol. The first-order valence-electron chi connectivity index (χ1n) is 20.8. The Balaban J connectivity index is 1.34. The van der Waals surface area contributed by atoms with Crippen molar-refractivity contribution in [2.45, 2.75) is 64.7 Å². The zero-order valence-corrected chi connectivity index (χ0v) is 34.5. The summed E-state index contributed by atoms with van der Waals surface area (Å²) in [6, 6.07) is 61.2. The fraction of sp³-hybridized carbons (Fsp3) is 0.179. The van der Waals surface area contributed by atoms with Gasteiger partial charge in [0.25, 0.3) is 0 Å². The lowest BCUT2D eigenvalue weighted by atomic mass is 9.71. The number of nitrogens with zero attached hydrogens (tertiary/aromatic N) is 2. The zero-order valence-electron chi connectivity index (χ0n) is 34.5. The molecular formula is C56H48N2. The molecule has 0 fully saturated rings. The minimum Gasteiger partial charge on any atom is -0.310 e. The summed E-state index contributed by atoms with van der Waals surface area (Å²) in [6.07, 6.45) is 0. The van der Waals surface area contributed by atoms with Crippen molar-refractivity contribution >= 4 is 49.6 Å². The third kappa shape index (κ3) is 4.72. The van der Waals surface area contributed by atoms with Gasteiger partial charge in [-0.05, 0) is 109 Å². The van der Waals surface area contributed by atoms with Crippen molar-refractivity contribution < 1.29 is 0 Å². The van der Waals surface area contributed by atoms with E-state index < -0.39 is 0 Å². The lowest BCUT2D eigenvalue weighted by Gasteiger charge is -2.39. The van der Waals surface area contributed by atoms with Crippen molar-refractivity contribution in [3.05, 3.63) is 192 Å². The summed E-state index contributed by atoms with van der Waals surface area (Å²) in [5.74, 6) is 0. The zero-order chi connectivity index (χ0) is 39.7. The summed E-state index contributed by atoms with van der Waals surface area (Å²) in [5, 5.41) is 4.98. The summed E-state index contributed by atoms with van der Waals surface area (Å²) < 4.78 is 2.45. The van der Waals surface area contributed by atoms with Crippen LogP contribution in [0.3, 0.4) is 0 Å². The van der Waals surface area contributed by atoms with Gasteiger partial charge in [-0.3, -0.25) is 0 Å². The molecule has 0 aliphatic heterocycles. The van der Waals surface area contributed by atoms with Crippen LogP contribution in [0.2, 0.25) is 0 Å². The van der Waals surface area contributed by atoms with Crippen LogP contribution in [0.4, 0.5) is 17.1 Å². The Morgan fingerprint density at radius 2 is 0.983 bits per heavy atom. The van der Waals surface area contributed by atoms with Crippen LogP contribution < -0.4 is 4.90 Å². The lowest BCUT2D eigenvalue weighted by molar-refractivity contribution is 0.587. The molecule has 0 N–H and O–H groups in total. The van der Waals surface area contributed by atoms with Gasteiger partial charge in [0.15, 0.2) is 0 Å². The van der Waals surface area contributed by atoms with Crippen LogP contribution in [0.1, 0.15) is 76.3 Å². The second kappa shape index (κ2) is 12.1. The number of rotatable bonds is 4. The summed E-state index contributed by atoms with van der Waals surface area (Å²) >= 11 is 0. The summed E-state index contributed by atoms with van der Waals surface area (Å²) in [5.41, 5.74) is 19.1. The van der Waals surface area contributed by atoms with E-state index >= 15 is 0 Å². The second-order valence-corrected chi connectivity index (χ2v) is 18.6. The number of fused-ring (bicyclic) bond motifs is 10. The Morgan fingerprint density at radius 3 is 1.64 bits per heavy atom. The number of hydrogen-bond acceptors (Lipinski definition) is 1. The van der Waals surface area contributed by atoms with E-state index in [1.807, 2.05) is 0 Å². The van der Waals surface area contributed by atoms with Gasteiger partial charge in [-0.25, -0.2) is 0 Å². The quantitative estimate of drug-likeness (QED) is 0.174. The van der Waals surface area contributed by atoms with E-state index in [0.29, 0.717) is 0 Å². The molecule has 0 saturated heterocycles. The second-order valence-electron chi connectivity index (χ2n) is 18.6. The highest BCUT2D eigenvalue weighted by Gasteiger charge is 2.50. The smallest absolute Gasteiger partial charge is 0.0561 e. The third-order valence-corrected chi connectivity index (χ3v) is 13.4. The Bertz CT molecular complexity index is 3070. The Morgan fingerprint density at radius 1 is 0.466 bits per heavy atom. The maximum Gasteiger partial charge on any atom is 0.0561 e. The molecule has 0 amide bonds. The van der Waals surface area contributed by atoms with Crippen molar-refractivity contribution in [2.75, 3.05) is 4.90 Å². The molecule has 0 spiro atoms. The molecule has 8 aromatic carbocycles. The molecule has 9 aromatic rings. The standard InChI is InChI=1S/C56H48N2/c1-54(2,3)50-48-42-24-13-16-26-44(42)55(4,5)51(48)53(52-49(50)43-25-14-17-27-45(43)56(52,6)7)57(38-30-29-35-19-11-12-20-36(35)33-38)39-31-32-41-40-23-15-18-28-46(40)58(47(41)34-39)37-21-9-8-10-22-37/h8-34H,1-7H3. The molecule has 2 aliphatic rings. The molecule has 1 aromatic heterocycles. The maximum atomic E-state index is 2.64. The molecule has 0 unspecified atom stereocenters. The maximum absolute atomic E-state index is 2.64. The molecule has 1 heterocycles. The summed E-state index contributed by atoms with van der Waals surface area (Å²) in [4.78, 5) is 2.64. The van der Waals surface area contributed by atoms with E-state index in [9.17, 15) is 0 Å². The number of hydrogen-bond donors (Lipinski definition) is 0. The number of para-hydroxylation sites is 2. The predicted octanol–water partition coefficient (Wildman–Crippen LogP) is 15.3. The average Bonchev–Trinajstić information content (AvgIpc) is 3.77.